The minimum atomic E-state index is -0.870. The average molecular weight is 697 g/mol. The van der Waals surface area contributed by atoms with Gasteiger partial charge in [-0.3, -0.25) is 10.1 Å². The first kappa shape index (κ1) is 34.7. The van der Waals surface area contributed by atoms with Gasteiger partial charge in [-0.1, -0.05) is 42.5 Å². The van der Waals surface area contributed by atoms with E-state index in [1.54, 1.807) is 17.6 Å². The van der Waals surface area contributed by atoms with E-state index in [2.05, 4.69) is 35.9 Å². The predicted octanol–water partition coefficient (Wildman–Crippen LogP) is 6.36. The van der Waals surface area contributed by atoms with Crippen molar-refractivity contribution in [2.45, 2.75) is 38.0 Å². The number of anilines is 2. The number of aliphatic hydroxyl groups is 1. The Morgan fingerprint density at radius 2 is 1.94 bits per heavy atom. The summed E-state index contributed by atoms with van der Waals surface area (Å²) in [7, 11) is 0. The van der Waals surface area contributed by atoms with Gasteiger partial charge in [0.05, 0.1) is 27.7 Å². The molecule has 3 heterocycles. The zero-order valence-corrected chi connectivity index (χ0v) is 28.2. The number of hydrogen-bond acceptors (Lipinski definition) is 12. The molecule has 0 radical (unpaired) electrons. The van der Waals surface area contributed by atoms with Crippen molar-refractivity contribution in [2.24, 2.45) is 5.11 Å². The molecule has 14 heteroatoms. The van der Waals surface area contributed by atoms with E-state index in [0.29, 0.717) is 41.1 Å². The van der Waals surface area contributed by atoms with Crippen LogP contribution < -0.4 is 21.5 Å². The molecule has 1 saturated heterocycles. The second-order valence-corrected chi connectivity index (χ2v) is 13.0. The SMILES string of the molecule is N=Nc1cc(CNCC(O)c2ccc(O)c3[nH]c(=O)ccc23)ccc1NCCCN1CCC(OC(=O)Nc2ncsc2-c2ccccc2)CC1. The van der Waals surface area contributed by atoms with Crippen molar-refractivity contribution in [1.29, 1.82) is 5.53 Å². The largest absolute Gasteiger partial charge is 0.506 e. The number of piperidine rings is 1. The van der Waals surface area contributed by atoms with Gasteiger partial charge in [0.15, 0.2) is 5.82 Å². The number of carbonyl (C=O) groups is 1. The van der Waals surface area contributed by atoms with Crippen LogP contribution in [0.4, 0.5) is 22.0 Å². The second kappa shape index (κ2) is 16.5. The van der Waals surface area contributed by atoms with E-state index >= 15 is 0 Å². The van der Waals surface area contributed by atoms with Crippen LogP contribution in [0.5, 0.6) is 5.75 Å². The fraction of sp³-hybridized carbons (Fsp3) is 0.306. The molecule has 260 valence electrons. The minimum absolute atomic E-state index is 0.0542. The van der Waals surface area contributed by atoms with E-state index in [4.69, 9.17) is 10.3 Å². The Balaban J connectivity index is 0.897. The number of hydrogen-bond donors (Lipinski definition) is 7. The van der Waals surface area contributed by atoms with E-state index in [1.807, 2.05) is 48.5 Å². The van der Waals surface area contributed by atoms with E-state index < -0.39 is 12.2 Å². The van der Waals surface area contributed by atoms with Gasteiger partial charge in [-0.25, -0.2) is 15.3 Å². The Hall–Kier alpha value is -5.15. The molecular weight excluding hydrogens is 657 g/mol. The average Bonchev–Trinajstić information content (AvgIpc) is 3.59. The summed E-state index contributed by atoms with van der Waals surface area (Å²) in [5, 5.41) is 34.7. The maximum atomic E-state index is 12.6. The lowest BCUT2D eigenvalue weighted by molar-refractivity contribution is 0.0589. The van der Waals surface area contributed by atoms with Crippen molar-refractivity contribution in [3.8, 4) is 16.2 Å². The third-order valence-corrected chi connectivity index (χ3v) is 9.59. The molecule has 1 aliphatic heterocycles. The van der Waals surface area contributed by atoms with Crippen LogP contribution in [0.25, 0.3) is 21.3 Å². The number of pyridine rings is 1. The number of aromatic hydroxyl groups is 1. The highest BCUT2D eigenvalue weighted by Gasteiger charge is 2.23. The van der Waals surface area contributed by atoms with Crippen molar-refractivity contribution in [3.05, 3.63) is 99.8 Å². The van der Waals surface area contributed by atoms with Gasteiger partial charge in [0, 0.05) is 44.2 Å². The van der Waals surface area contributed by atoms with Crippen LogP contribution in [0, 0.1) is 5.53 Å². The lowest BCUT2D eigenvalue weighted by Crippen LogP contribution is -2.39. The summed E-state index contributed by atoms with van der Waals surface area (Å²) >= 11 is 1.47. The Morgan fingerprint density at radius 1 is 1.12 bits per heavy atom. The Kier molecular flexibility index (Phi) is 11.5. The first-order valence-corrected chi connectivity index (χ1v) is 17.4. The van der Waals surface area contributed by atoms with Gasteiger partial charge < -0.3 is 35.5 Å². The number of aliphatic hydroxyl groups excluding tert-OH is 1. The Bertz CT molecular complexity index is 1980. The van der Waals surface area contributed by atoms with Gasteiger partial charge in [-0.15, -0.1) is 11.3 Å². The number of carbonyl (C=O) groups excluding carboxylic acids is 1. The normalized spacial score (nSPS) is 14.3. The fourth-order valence-corrected chi connectivity index (χ4v) is 6.88. The number of likely N-dealkylation sites (tertiary alicyclic amines) is 1. The molecule has 1 atom stereocenters. The summed E-state index contributed by atoms with van der Waals surface area (Å²) in [6.07, 6.45) is 0.949. The number of thiazole rings is 1. The zero-order valence-electron chi connectivity index (χ0n) is 27.4. The van der Waals surface area contributed by atoms with Crippen molar-refractivity contribution in [3.63, 3.8) is 0 Å². The highest BCUT2D eigenvalue weighted by Crippen LogP contribution is 2.32. The molecule has 5 aromatic rings. The molecule has 0 bridgehead atoms. The fourth-order valence-electron chi connectivity index (χ4n) is 6.13. The molecule has 2 aromatic heterocycles. The van der Waals surface area contributed by atoms with Crippen molar-refractivity contribution >= 4 is 45.5 Å². The first-order valence-electron chi connectivity index (χ1n) is 16.5. The number of rotatable bonds is 14. The van der Waals surface area contributed by atoms with Crippen molar-refractivity contribution in [1.82, 2.24) is 20.2 Å². The molecule has 7 N–H and O–H groups in total. The van der Waals surface area contributed by atoms with Gasteiger partial charge in [0.25, 0.3) is 0 Å². The van der Waals surface area contributed by atoms with Crippen LogP contribution in [0.3, 0.4) is 0 Å². The summed E-state index contributed by atoms with van der Waals surface area (Å²) in [4.78, 5) is 34.5. The Morgan fingerprint density at radius 3 is 2.74 bits per heavy atom. The molecular formula is C36H40N8O5S. The van der Waals surface area contributed by atoms with E-state index in [0.717, 1.165) is 60.6 Å². The van der Waals surface area contributed by atoms with Crippen molar-refractivity contribution < 1.29 is 19.7 Å². The lowest BCUT2D eigenvalue weighted by Gasteiger charge is -2.31. The summed E-state index contributed by atoms with van der Waals surface area (Å²) in [5.41, 5.74) is 13.2. The number of amides is 1. The molecule has 1 amide bonds. The van der Waals surface area contributed by atoms with Crippen LogP contribution >= 0.6 is 11.3 Å². The first-order chi connectivity index (χ1) is 24.4. The summed E-state index contributed by atoms with van der Waals surface area (Å²) < 4.78 is 5.71. The molecule has 0 spiro atoms. The molecule has 0 aliphatic carbocycles. The maximum Gasteiger partial charge on any atom is 0.413 e. The molecule has 50 heavy (non-hydrogen) atoms. The summed E-state index contributed by atoms with van der Waals surface area (Å²) in [6.45, 7) is 3.99. The molecule has 1 aliphatic rings. The molecule has 0 saturated carbocycles. The number of aromatic nitrogens is 2. The maximum absolute atomic E-state index is 12.6. The number of benzene rings is 3. The zero-order chi connectivity index (χ0) is 34.9. The number of phenols is 1. The molecule has 1 fully saturated rings. The van der Waals surface area contributed by atoms with Gasteiger partial charge in [-0.05, 0) is 66.8 Å². The van der Waals surface area contributed by atoms with Crippen molar-refractivity contribution in [2.75, 3.05) is 43.4 Å². The predicted molar refractivity (Wildman–Crippen MR) is 194 cm³/mol. The van der Waals surface area contributed by atoms with E-state index in [-0.39, 0.29) is 24.0 Å². The lowest BCUT2D eigenvalue weighted by atomic mass is 10.0. The number of nitrogens with zero attached hydrogens (tertiary/aromatic N) is 3. The molecule has 3 aromatic carbocycles. The topological polar surface area (TPSA) is 188 Å². The van der Waals surface area contributed by atoms with Crippen LogP contribution in [-0.2, 0) is 11.3 Å². The quantitative estimate of drug-likeness (QED) is 0.0512. The molecule has 1 unspecified atom stereocenters. The third kappa shape index (κ3) is 8.71. The van der Waals surface area contributed by atoms with Gasteiger partial charge >= 0.3 is 6.09 Å². The standard InChI is InChI=1S/C36H40N8O5S/c37-43-29-19-23(20-38-21-31(46)26-8-11-30(45)33-27(26)9-12-32(47)41-33)7-10-28(29)39-15-4-16-44-17-13-25(14-18-44)49-36(48)42-35-34(50-22-40-35)24-5-2-1-3-6-24/h1-3,5-12,19,22,25,31,37-39,45-46H,4,13-18,20-21H2,(H,41,47)(H,42,48). The number of aromatic amines is 1. The molecule has 6 rings (SSSR count). The van der Waals surface area contributed by atoms with Gasteiger partial charge in [0.1, 0.15) is 17.5 Å². The highest BCUT2D eigenvalue weighted by atomic mass is 32.1. The third-order valence-electron chi connectivity index (χ3n) is 8.71. The monoisotopic (exact) mass is 696 g/mol. The van der Waals surface area contributed by atoms with Crippen LogP contribution in [0.2, 0.25) is 0 Å². The minimum Gasteiger partial charge on any atom is -0.506 e. The second-order valence-electron chi connectivity index (χ2n) is 12.1. The highest BCUT2D eigenvalue weighted by molar-refractivity contribution is 7.13. The number of phenolic OH excluding ortho intramolecular Hbond substituents is 1. The van der Waals surface area contributed by atoms with Gasteiger partial charge in [0.2, 0.25) is 5.56 Å². The van der Waals surface area contributed by atoms with Crippen LogP contribution in [0.15, 0.2) is 88.2 Å². The number of H-pyrrole nitrogens is 1. The van der Waals surface area contributed by atoms with Crippen LogP contribution in [0.1, 0.15) is 36.5 Å². The summed E-state index contributed by atoms with van der Waals surface area (Å²) in [5.74, 6) is 0.460. The number of ether oxygens (including phenoxy) is 1. The van der Waals surface area contributed by atoms with Gasteiger partial charge in [-0.2, -0.15) is 5.11 Å². The number of nitrogens with one attached hydrogen (secondary N) is 5. The van der Waals surface area contributed by atoms with E-state index in [9.17, 15) is 19.8 Å². The molecule has 13 nitrogen and oxygen atoms in total. The smallest absolute Gasteiger partial charge is 0.413 e. The van der Waals surface area contributed by atoms with Crippen LogP contribution in [-0.4, -0.2) is 70.0 Å². The number of fused-ring (bicyclic) bond motifs is 1. The van der Waals surface area contributed by atoms with E-state index in [1.165, 1.54) is 23.5 Å². The summed E-state index contributed by atoms with van der Waals surface area (Å²) in [6, 6.07) is 21.6. The Labute approximate surface area is 292 Å².